The van der Waals surface area contributed by atoms with Crippen LogP contribution in [0.25, 0.3) is 0 Å². The van der Waals surface area contributed by atoms with Gasteiger partial charge in [0, 0.05) is 22.4 Å². The molecule has 23 heavy (non-hydrogen) atoms. The zero-order valence-electron chi connectivity index (χ0n) is 12.8. The Morgan fingerprint density at radius 1 is 1.43 bits per heavy atom. The van der Waals surface area contributed by atoms with Crippen LogP contribution < -0.4 is 4.90 Å². The lowest BCUT2D eigenvalue weighted by Gasteiger charge is -2.25. The molecular weight excluding hydrogens is 356 g/mol. The molecule has 0 aromatic heterocycles. The Labute approximate surface area is 145 Å². The first-order valence-electron chi connectivity index (χ1n) is 7.34. The van der Waals surface area contributed by atoms with Gasteiger partial charge < -0.3 is 4.90 Å². The van der Waals surface area contributed by atoms with Gasteiger partial charge in [-0.1, -0.05) is 36.4 Å². The summed E-state index contributed by atoms with van der Waals surface area (Å²) in [7, 11) is -3.06. The average molecular weight is 373 g/mol. The van der Waals surface area contributed by atoms with Gasteiger partial charge in [-0.15, -0.1) is 0 Å². The third-order valence-electron chi connectivity index (χ3n) is 4.02. The van der Waals surface area contributed by atoms with Crippen molar-refractivity contribution in [2.45, 2.75) is 31.6 Å². The molecule has 3 rings (SSSR count). The number of hydrogen-bond donors (Lipinski definition) is 0. The molecule has 8 heteroatoms. The molecule has 0 bridgehead atoms. The van der Waals surface area contributed by atoms with Gasteiger partial charge in [-0.25, -0.2) is 8.42 Å². The van der Waals surface area contributed by atoms with E-state index in [-0.39, 0.29) is 28.7 Å². The summed E-state index contributed by atoms with van der Waals surface area (Å²) in [6.45, 7) is 3.66. The highest BCUT2D eigenvalue weighted by atomic mass is 35.5. The van der Waals surface area contributed by atoms with Gasteiger partial charge in [-0.05, 0) is 24.6 Å². The number of nitrogens with zero attached hydrogens (tertiary/aromatic N) is 2. The van der Waals surface area contributed by atoms with E-state index >= 15 is 0 Å². The Kier molecular flexibility index (Phi) is 4.46. The number of aryl methyl sites for hydroxylation is 1. The number of carbonyl (C=O) groups is 1. The summed E-state index contributed by atoms with van der Waals surface area (Å²) in [5.41, 5.74) is 1.72. The fraction of sp³-hybridized carbons (Fsp3) is 0.467. The minimum atomic E-state index is -3.06. The number of halogens is 1. The number of hydrogen-bond acceptors (Lipinski definition) is 4. The molecule has 124 valence electrons. The molecule has 2 fully saturated rings. The van der Waals surface area contributed by atoms with Gasteiger partial charge in [0.2, 0.25) is 5.91 Å². The quantitative estimate of drug-likeness (QED) is 0.798. The standard InChI is InChI=1S/C15H17ClN2O3S2/c1-3-14(19)17-15-18(10-5-4-9(2)11(16)6-10)12-7-23(20,21)8-13(12)22-15/h4-6,12-13H,3,7-8H2,1-2H3/t12-,13-/m1/s1. The van der Waals surface area contributed by atoms with Crippen LogP contribution in [0.4, 0.5) is 5.69 Å². The van der Waals surface area contributed by atoms with E-state index in [1.807, 2.05) is 24.0 Å². The van der Waals surface area contributed by atoms with Crippen molar-refractivity contribution in [1.29, 1.82) is 0 Å². The smallest absolute Gasteiger partial charge is 0.247 e. The summed E-state index contributed by atoms with van der Waals surface area (Å²) in [6, 6.07) is 5.38. The van der Waals surface area contributed by atoms with E-state index in [9.17, 15) is 13.2 Å². The van der Waals surface area contributed by atoms with Gasteiger partial charge in [0.25, 0.3) is 0 Å². The molecule has 2 aliphatic rings. The first kappa shape index (κ1) is 16.8. The van der Waals surface area contributed by atoms with Gasteiger partial charge in [0.1, 0.15) is 0 Å². The third-order valence-corrected chi connectivity index (χ3v) is 7.64. The Hall–Kier alpha value is -1.05. The number of benzene rings is 1. The number of anilines is 1. The SMILES string of the molecule is CCC(=O)N=C1S[C@@H]2CS(=O)(=O)C[C@H]2N1c1ccc(C)c(Cl)c1. The Bertz CT molecular complexity index is 792. The minimum absolute atomic E-state index is 0.0789. The molecule has 1 aromatic rings. The van der Waals surface area contributed by atoms with Crippen molar-refractivity contribution >= 4 is 50.0 Å². The second-order valence-corrected chi connectivity index (χ2v) is 9.51. The van der Waals surface area contributed by atoms with E-state index in [4.69, 9.17) is 11.6 Å². The Balaban J connectivity index is 2.04. The number of aliphatic imine (C=N–C) groups is 1. The molecular formula is C15H17ClN2O3S2. The van der Waals surface area contributed by atoms with Crippen LogP contribution in [-0.2, 0) is 14.6 Å². The molecule has 5 nitrogen and oxygen atoms in total. The predicted molar refractivity (Wildman–Crippen MR) is 95.2 cm³/mol. The Morgan fingerprint density at radius 2 is 2.17 bits per heavy atom. The summed E-state index contributed by atoms with van der Waals surface area (Å²) in [5.74, 6) is -0.00804. The van der Waals surface area contributed by atoms with Crippen LogP contribution in [0.2, 0.25) is 5.02 Å². The van der Waals surface area contributed by atoms with E-state index in [0.717, 1.165) is 11.3 Å². The number of carbonyl (C=O) groups excluding carboxylic acids is 1. The highest BCUT2D eigenvalue weighted by Crippen LogP contribution is 2.41. The van der Waals surface area contributed by atoms with E-state index in [0.29, 0.717) is 16.6 Å². The number of fused-ring (bicyclic) bond motifs is 1. The van der Waals surface area contributed by atoms with Gasteiger partial charge in [-0.3, -0.25) is 4.79 Å². The fourth-order valence-electron chi connectivity index (χ4n) is 2.78. The predicted octanol–water partition coefficient (Wildman–Crippen LogP) is 2.66. The highest BCUT2D eigenvalue weighted by molar-refractivity contribution is 8.16. The molecule has 2 saturated heterocycles. The molecule has 0 aliphatic carbocycles. The van der Waals surface area contributed by atoms with Gasteiger partial charge in [-0.2, -0.15) is 4.99 Å². The summed E-state index contributed by atoms with van der Waals surface area (Å²) in [4.78, 5) is 17.8. The first-order valence-corrected chi connectivity index (χ1v) is 10.4. The molecule has 1 aromatic carbocycles. The maximum absolute atomic E-state index is 12.0. The normalized spacial score (nSPS) is 27.4. The number of sulfone groups is 1. The second-order valence-electron chi connectivity index (χ2n) is 5.75. The van der Waals surface area contributed by atoms with Crippen molar-refractivity contribution in [2.75, 3.05) is 16.4 Å². The number of amidine groups is 1. The van der Waals surface area contributed by atoms with Crippen LogP contribution in [0, 0.1) is 6.92 Å². The molecule has 0 radical (unpaired) electrons. The number of thioether (sulfide) groups is 1. The lowest BCUT2D eigenvalue weighted by atomic mass is 10.1. The molecule has 0 unspecified atom stereocenters. The van der Waals surface area contributed by atoms with Crippen molar-refractivity contribution in [3.05, 3.63) is 28.8 Å². The van der Waals surface area contributed by atoms with Gasteiger partial charge in [0.15, 0.2) is 15.0 Å². The van der Waals surface area contributed by atoms with Crippen LogP contribution in [0.1, 0.15) is 18.9 Å². The van der Waals surface area contributed by atoms with Crippen molar-refractivity contribution in [1.82, 2.24) is 0 Å². The van der Waals surface area contributed by atoms with Crippen LogP contribution in [0.3, 0.4) is 0 Å². The zero-order valence-corrected chi connectivity index (χ0v) is 15.2. The number of amides is 1. The monoisotopic (exact) mass is 372 g/mol. The lowest BCUT2D eigenvalue weighted by Crippen LogP contribution is -2.37. The summed E-state index contributed by atoms with van der Waals surface area (Å²) >= 11 is 7.59. The number of rotatable bonds is 2. The summed E-state index contributed by atoms with van der Waals surface area (Å²) in [6.07, 6.45) is 0.320. The van der Waals surface area contributed by atoms with E-state index in [2.05, 4.69) is 4.99 Å². The molecule has 2 heterocycles. The summed E-state index contributed by atoms with van der Waals surface area (Å²) < 4.78 is 23.9. The fourth-order valence-corrected chi connectivity index (χ4v) is 6.89. The molecule has 0 spiro atoms. The Morgan fingerprint density at radius 3 is 2.83 bits per heavy atom. The van der Waals surface area contributed by atoms with Crippen molar-refractivity contribution in [2.24, 2.45) is 4.99 Å². The molecule has 0 N–H and O–H groups in total. The van der Waals surface area contributed by atoms with E-state index in [1.54, 1.807) is 13.0 Å². The van der Waals surface area contributed by atoms with Crippen molar-refractivity contribution < 1.29 is 13.2 Å². The maximum Gasteiger partial charge on any atom is 0.247 e. The van der Waals surface area contributed by atoms with Crippen molar-refractivity contribution in [3.8, 4) is 0 Å². The molecule has 0 saturated carbocycles. The minimum Gasteiger partial charge on any atom is -0.316 e. The van der Waals surface area contributed by atoms with Crippen LogP contribution >= 0.6 is 23.4 Å². The van der Waals surface area contributed by atoms with Crippen molar-refractivity contribution in [3.63, 3.8) is 0 Å². The van der Waals surface area contributed by atoms with Crippen LogP contribution in [-0.4, -0.2) is 42.3 Å². The molecule has 2 aliphatic heterocycles. The lowest BCUT2D eigenvalue weighted by molar-refractivity contribution is -0.117. The molecule has 2 atom stereocenters. The maximum atomic E-state index is 12.0. The largest absolute Gasteiger partial charge is 0.316 e. The topological polar surface area (TPSA) is 66.8 Å². The second kappa shape index (κ2) is 6.11. The average Bonchev–Trinajstić information content (AvgIpc) is 2.93. The third kappa shape index (κ3) is 3.27. The van der Waals surface area contributed by atoms with Crippen LogP contribution in [0.5, 0.6) is 0 Å². The first-order chi connectivity index (χ1) is 10.8. The highest BCUT2D eigenvalue weighted by Gasteiger charge is 2.49. The summed E-state index contributed by atoms with van der Waals surface area (Å²) in [5, 5.41) is 1.09. The van der Waals surface area contributed by atoms with E-state index < -0.39 is 9.84 Å². The molecule has 1 amide bonds. The van der Waals surface area contributed by atoms with Gasteiger partial charge in [0.05, 0.1) is 17.5 Å². The van der Waals surface area contributed by atoms with Gasteiger partial charge >= 0.3 is 0 Å². The zero-order chi connectivity index (χ0) is 16.8. The van der Waals surface area contributed by atoms with E-state index in [1.165, 1.54) is 11.8 Å². The van der Waals surface area contributed by atoms with Crippen LogP contribution in [0.15, 0.2) is 23.2 Å².